The molecule has 1 aliphatic rings. The van der Waals surface area contributed by atoms with E-state index in [9.17, 15) is 4.79 Å². The minimum atomic E-state index is -1.02. The van der Waals surface area contributed by atoms with Gasteiger partial charge < -0.3 is 10.4 Å². The van der Waals surface area contributed by atoms with Gasteiger partial charge in [-0.2, -0.15) is 0 Å². The molecule has 0 aromatic heterocycles. The van der Waals surface area contributed by atoms with Crippen molar-refractivity contribution in [3.8, 4) is 0 Å². The highest BCUT2D eigenvalue weighted by molar-refractivity contribution is 6.42. The highest BCUT2D eigenvalue weighted by atomic mass is 35.5. The molecule has 4 nitrogen and oxygen atoms in total. The van der Waals surface area contributed by atoms with Crippen LogP contribution < -0.4 is 5.32 Å². The molecule has 1 aromatic carbocycles. The summed E-state index contributed by atoms with van der Waals surface area (Å²) < 4.78 is 0. The standard InChI is InChI=1S/C10H10Cl2N2O2/c11-8-1-6-3-14(5-13-10(15)16)4-7(6)2-9(8)12/h1-2,13H,3-5H2,(H,15,16). The molecule has 1 heterocycles. The van der Waals surface area contributed by atoms with Crippen LogP contribution in [0.4, 0.5) is 4.79 Å². The molecule has 0 saturated heterocycles. The first-order chi connectivity index (χ1) is 7.56. The van der Waals surface area contributed by atoms with Crippen LogP contribution in [0.1, 0.15) is 11.1 Å². The lowest BCUT2D eigenvalue weighted by molar-refractivity contribution is 0.179. The number of fused-ring (bicyclic) bond motifs is 1. The number of hydrogen-bond donors (Lipinski definition) is 2. The van der Waals surface area contributed by atoms with Crippen molar-refractivity contribution in [3.63, 3.8) is 0 Å². The smallest absolute Gasteiger partial charge is 0.405 e. The fraction of sp³-hybridized carbons (Fsp3) is 0.300. The summed E-state index contributed by atoms with van der Waals surface area (Å²) >= 11 is 11.8. The van der Waals surface area contributed by atoms with Crippen LogP contribution in [0.2, 0.25) is 10.0 Å². The van der Waals surface area contributed by atoms with Crippen molar-refractivity contribution in [2.24, 2.45) is 0 Å². The van der Waals surface area contributed by atoms with Crippen LogP contribution in [0.5, 0.6) is 0 Å². The fourth-order valence-corrected chi connectivity index (χ4v) is 2.13. The first-order valence-electron chi connectivity index (χ1n) is 4.72. The molecule has 6 heteroatoms. The van der Waals surface area contributed by atoms with Crippen LogP contribution in [0.3, 0.4) is 0 Å². The average molecular weight is 261 g/mol. The minimum Gasteiger partial charge on any atom is -0.465 e. The maximum Gasteiger partial charge on any atom is 0.405 e. The van der Waals surface area contributed by atoms with Crippen molar-refractivity contribution in [1.82, 2.24) is 10.2 Å². The summed E-state index contributed by atoms with van der Waals surface area (Å²) in [5.74, 6) is 0. The molecule has 1 amide bonds. The highest BCUT2D eigenvalue weighted by Gasteiger charge is 2.20. The number of carboxylic acid groups (broad SMARTS) is 1. The van der Waals surface area contributed by atoms with Gasteiger partial charge in [-0.05, 0) is 23.3 Å². The van der Waals surface area contributed by atoms with Crippen LogP contribution in [0, 0.1) is 0 Å². The van der Waals surface area contributed by atoms with Gasteiger partial charge in [0.15, 0.2) is 0 Å². The molecule has 0 radical (unpaired) electrons. The topological polar surface area (TPSA) is 52.6 Å². The van der Waals surface area contributed by atoms with Gasteiger partial charge in [-0.1, -0.05) is 23.2 Å². The predicted octanol–water partition coefficient (Wildman–Crippen LogP) is 2.53. The number of halogens is 2. The van der Waals surface area contributed by atoms with Crippen molar-refractivity contribution in [2.75, 3.05) is 6.67 Å². The Balaban J connectivity index is 2.06. The Hall–Kier alpha value is -0.970. The molecule has 0 bridgehead atoms. The average Bonchev–Trinajstić information content (AvgIpc) is 2.58. The summed E-state index contributed by atoms with van der Waals surface area (Å²) in [6, 6.07) is 3.67. The summed E-state index contributed by atoms with van der Waals surface area (Å²) in [6.45, 7) is 1.68. The van der Waals surface area contributed by atoms with Crippen LogP contribution in [-0.4, -0.2) is 22.8 Å². The largest absolute Gasteiger partial charge is 0.465 e. The third-order valence-electron chi connectivity index (χ3n) is 2.48. The third kappa shape index (κ3) is 2.40. The normalized spacial score (nSPS) is 14.9. The monoisotopic (exact) mass is 260 g/mol. The molecule has 86 valence electrons. The van der Waals surface area contributed by atoms with Gasteiger partial charge in [-0.3, -0.25) is 4.90 Å². The van der Waals surface area contributed by atoms with E-state index in [2.05, 4.69) is 5.32 Å². The van der Waals surface area contributed by atoms with E-state index in [1.165, 1.54) is 0 Å². The summed E-state index contributed by atoms with van der Waals surface area (Å²) in [7, 11) is 0. The van der Waals surface area contributed by atoms with E-state index >= 15 is 0 Å². The SMILES string of the molecule is O=C(O)NCN1Cc2cc(Cl)c(Cl)cc2C1. The lowest BCUT2D eigenvalue weighted by Crippen LogP contribution is -2.33. The molecule has 2 rings (SSSR count). The first kappa shape index (κ1) is 11.5. The summed E-state index contributed by atoms with van der Waals surface area (Å²) in [6.07, 6.45) is -1.02. The summed E-state index contributed by atoms with van der Waals surface area (Å²) in [5, 5.41) is 11.9. The zero-order chi connectivity index (χ0) is 11.7. The Bertz CT molecular complexity index is 406. The van der Waals surface area contributed by atoms with Gasteiger partial charge in [0, 0.05) is 13.1 Å². The van der Waals surface area contributed by atoms with Crippen LogP contribution in [-0.2, 0) is 13.1 Å². The predicted molar refractivity (Wildman–Crippen MR) is 61.7 cm³/mol. The fourth-order valence-electron chi connectivity index (χ4n) is 1.75. The molecule has 16 heavy (non-hydrogen) atoms. The van der Waals surface area contributed by atoms with Crippen molar-refractivity contribution >= 4 is 29.3 Å². The quantitative estimate of drug-likeness (QED) is 0.860. The van der Waals surface area contributed by atoms with Crippen LogP contribution >= 0.6 is 23.2 Å². The molecule has 0 spiro atoms. The maximum absolute atomic E-state index is 10.4. The lowest BCUT2D eigenvalue weighted by Gasteiger charge is -2.13. The molecule has 0 unspecified atom stereocenters. The Morgan fingerprint density at radius 3 is 2.25 bits per heavy atom. The molecule has 1 aliphatic heterocycles. The van der Waals surface area contributed by atoms with Crippen molar-refractivity contribution in [2.45, 2.75) is 13.1 Å². The first-order valence-corrected chi connectivity index (χ1v) is 5.48. The van der Waals surface area contributed by atoms with E-state index in [1.54, 1.807) is 0 Å². The van der Waals surface area contributed by atoms with E-state index in [0.29, 0.717) is 29.8 Å². The number of nitrogens with one attached hydrogen (secondary N) is 1. The molecule has 0 aliphatic carbocycles. The summed E-state index contributed by atoms with van der Waals surface area (Å²) in [4.78, 5) is 12.3. The van der Waals surface area contributed by atoms with E-state index < -0.39 is 6.09 Å². The van der Waals surface area contributed by atoms with Crippen LogP contribution in [0.15, 0.2) is 12.1 Å². The molecular formula is C10H10Cl2N2O2. The van der Waals surface area contributed by atoms with Crippen LogP contribution in [0.25, 0.3) is 0 Å². The van der Waals surface area contributed by atoms with Gasteiger partial charge in [0.25, 0.3) is 0 Å². The van der Waals surface area contributed by atoms with Gasteiger partial charge in [-0.15, -0.1) is 0 Å². The van der Waals surface area contributed by atoms with Crippen molar-refractivity contribution in [3.05, 3.63) is 33.3 Å². The summed E-state index contributed by atoms with van der Waals surface area (Å²) in [5.41, 5.74) is 2.20. The van der Waals surface area contributed by atoms with Crippen molar-refractivity contribution in [1.29, 1.82) is 0 Å². The lowest BCUT2D eigenvalue weighted by atomic mass is 10.1. The van der Waals surface area contributed by atoms with Gasteiger partial charge in [-0.25, -0.2) is 4.79 Å². The van der Waals surface area contributed by atoms with E-state index in [1.807, 2.05) is 17.0 Å². The number of amides is 1. The van der Waals surface area contributed by atoms with E-state index in [-0.39, 0.29) is 0 Å². The van der Waals surface area contributed by atoms with E-state index in [4.69, 9.17) is 28.3 Å². The second-order valence-corrected chi connectivity index (χ2v) is 4.48. The Kier molecular flexibility index (Phi) is 3.23. The molecule has 0 saturated carbocycles. The highest BCUT2D eigenvalue weighted by Crippen LogP contribution is 2.30. The Labute approximate surface area is 103 Å². The van der Waals surface area contributed by atoms with Gasteiger partial charge in [0.1, 0.15) is 0 Å². The van der Waals surface area contributed by atoms with Gasteiger partial charge >= 0.3 is 6.09 Å². The molecular weight excluding hydrogens is 251 g/mol. The molecule has 0 fully saturated rings. The maximum atomic E-state index is 10.4. The van der Waals surface area contributed by atoms with Gasteiger partial charge in [0.2, 0.25) is 0 Å². The third-order valence-corrected chi connectivity index (χ3v) is 3.21. The minimum absolute atomic E-state index is 0.305. The second kappa shape index (κ2) is 4.49. The second-order valence-electron chi connectivity index (χ2n) is 3.66. The zero-order valence-corrected chi connectivity index (χ0v) is 9.85. The number of nitrogens with zero attached hydrogens (tertiary/aromatic N) is 1. The van der Waals surface area contributed by atoms with Gasteiger partial charge in [0.05, 0.1) is 16.7 Å². The molecule has 1 aromatic rings. The Morgan fingerprint density at radius 1 is 1.31 bits per heavy atom. The van der Waals surface area contributed by atoms with Crippen molar-refractivity contribution < 1.29 is 9.90 Å². The number of hydrogen-bond acceptors (Lipinski definition) is 2. The number of rotatable bonds is 2. The number of carbonyl (C=O) groups is 1. The molecule has 0 atom stereocenters. The zero-order valence-electron chi connectivity index (χ0n) is 8.33. The molecule has 2 N–H and O–H groups in total. The Morgan fingerprint density at radius 2 is 1.81 bits per heavy atom. The number of benzene rings is 1. The van der Waals surface area contributed by atoms with E-state index in [0.717, 1.165) is 11.1 Å².